The number of aryl methyl sites for hydroxylation is 2. The second kappa shape index (κ2) is 7.89. The number of carbonyl (C=O) groups is 1. The maximum absolute atomic E-state index is 12.8. The molecule has 1 aliphatic heterocycles. The average molecular weight is 511 g/mol. The van der Waals surface area contributed by atoms with Gasteiger partial charge in [-0.1, -0.05) is 11.2 Å². The molecular formula is C19H15BrN2O6S2. The molecule has 3 aromatic rings. The molecule has 0 saturated heterocycles. The number of hydrogen-bond acceptors (Lipinski definition) is 8. The average Bonchev–Trinajstić information content (AvgIpc) is 3.44. The summed E-state index contributed by atoms with van der Waals surface area (Å²) in [4.78, 5) is 12.7. The zero-order chi connectivity index (χ0) is 21.5. The van der Waals surface area contributed by atoms with Gasteiger partial charge < -0.3 is 14.0 Å². The molecule has 8 nitrogen and oxygen atoms in total. The highest BCUT2D eigenvalue weighted by molar-refractivity contribution is 9.10. The molecule has 0 bridgehead atoms. The Kier molecular flexibility index (Phi) is 5.43. The van der Waals surface area contributed by atoms with Gasteiger partial charge in [-0.05, 0) is 65.0 Å². The summed E-state index contributed by atoms with van der Waals surface area (Å²) >= 11 is 4.25. The van der Waals surface area contributed by atoms with Gasteiger partial charge in [-0.3, -0.25) is 4.79 Å². The molecule has 1 aromatic carbocycles. The van der Waals surface area contributed by atoms with Crippen LogP contribution in [0.15, 0.2) is 43.5 Å². The Morgan fingerprint density at radius 3 is 2.80 bits per heavy atom. The van der Waals surface area contributed by atoms with Crippen molar-refractivity contribution < 1.29 is 27.2 Å². The number of hydrogen-bond donors (Lipinski definition) is 1. The van der Waals surface area contributed by atoms with Crippen LogP contribution in [0, 0.1) is 13.8 Å². The van der Waals surface area contributed by atoms with Crippen molar-refractivity contribution in [2.75, 3.05) is 11.5 Å². The molecular weight excluding hydrogens is 496 g/mol. The summed E-state index contributed by atoms with van der Waals surface area (Å²) in [5.41, 5.74) is 2.10. The van der Waals surface area contributed by atoms with Gasteiger partial charge in [0.05, 0.1) is 10.6 Å². The third-order valence-corrected chi connectivity index (χ3v) is 7.72. The van der Waals surface area contributed by atoms with Gasteiger partial charge in [-0.25, -0.2) is 13.1 Å². The Bertz CT molecular complexity index is 1280. The van der Waals surface area contributed by atoms with Gasteiger partial charge in [0.2, 0.25) is 6.79 Å². The van der Waals surface area contributed by atoms with Crippen LogP contribution in [0.1, 0.15) is 26.5 Å². The first-order chi connectivity index (χ1) is 14.3. The van der Waals surface area contributed by atoms with Crippen molar-refractivity contribution >= 4 is 55.0 Å². The van der Waals surface area contributed by atoms with E-state index in [0.29, 0.717) is 27.2 Å². The van der Waals surface area contributed by atoms with E-state index in [4.69, 9.17) is 14.0 Å². The van der Waals surface area contributed by atoms with E-state index in [1.54, 1.807) is 24.4 Å². The van der Waals surface area contributed by atoms with E-state index in [-0.39, 0.29) is 22.4 Å². The molecule has 0 radical (unpaired) electrons. The molecule has 0 amide bonds. The van der Waals surface area contributed by atoms with Gasteiger partial charge in [0, 0.05) is 5.56 Å². The molecule has 0 atom stereocenters. The van der Waals surface area contributed by atoms with Crippen molar-refractivity contribution in [3.8, 4) is 11.5 Å². The minimum atomic E-state index is -4.06. The number of thiophene rings is 1. The predicted molar refractivity (Wildman–Crippen MR) is 115 cm³/mol. The fraction of sp³-hybridized carbons (Fsp3) is 0.158. The zero-order valence-corrected chi connectivity index (χ0v) is 19.0. The molecule has 156 valence electrons. The summed E-state index contributed by atoms with van der Waals surface area (Å²) in [6, 6.07) is 5.03. The summed E-state index contributed by atoms with van der Waals surface area (Å²) in [5, 5.41) is 5.23. The fourth-order valence-corrected chi connectivity index (χ4v) is 5.55. The van der Waals surface area contributed by atoms with Crippen LogP contribution in [0.2, 0.25) is 0 Å². The first-order valence-corrected chi connectivity index (χ1v) is 11.8. The van der Waals surface area contributed by atoms with Crippen LogP contribution in [0.3, 0.4) is 0 Å². The molecule has 0 spiro atoms. The molecule has 0 saturated carbocycles. The number of carbonyl (C=O) groups excluding carboxylic acids is 1. The highest BCUT2D eigenvalue weighted by Crippen LogP contribution is 2.38. The van der Waals surface area contributed by atoms with E-state index in [1.807, 2.05) is 13.0 Å². The molecule has 0 unspecified atom stereocenters. The minimum absolute atomic E-state index is 0.0553. The molecule has 1 N–H and O–H groups in total. The molecule has 1 aliphatic rings. The Morgan fingerprint density at radius 1 is 1.27 bits per heavy atom. The zero-order valence-electron chi connectivity index (χ0n) is 15.8. The number of sulfonamides is 1. The fourth-order valence-electron chi connectivity index (χ4n) is 2.82. The summed E-state index contributed by atoms with van der Waals surface area (Å²) in [5.74, 6) is 0.656. The van der Waals surface area contributed by atoms with Crippen LogP contribution in [-0.2, 0) is 10.0 Å². The van der Waals surface area contributed by atoms with Gasteiger partial charge in [0.25, 0.3) is 15.9 Å². The summed E-state index contributed by atoms with van der Waals surface area (Å²) in [6.45, 7) is 3.66. The summed E-state index contributed by atoms with van der Waals surface area (Å²) in [7, 11) is -4.06. The van der Waals surface area contributed by atoms with Gasteiger partial charge in [-0.15, -0.1) is 11.3 Å². The quantitative estimate of drug-likeness (QED) is 0.383. The molecule has 30 heavy (non-hydrogen) atoms. The Hall–Kier alpha value is -2.63. The van der Waals surface area contributed by atoms with Crippen molar-refractivity contribution in [1.82, 2.24) is 5.16 Å². The molecule has 4 rings (SSSR count). The molecule has 11 heteroatoms. The van der Waals surface area contributed by atoms with Gasteiger partial charge in [-0.2, -0.15) is 0 Å². The first kappa shape index (κ1) is 20.6. The first-order valence-electron chi connectivity index (χ1n) is 8.61. The Balaban J connectivity index is 1.62. The lowest BCUT2D eigenvalue weighted by molar-refractivity contribution is 0.104. The lowest BCUT2D eigenvalue weighted by Crippen LogP contribution is -2.14. The van der Waals surface area contributed by atoms with Crippen molar-refractivity contribution in [3.63, 3.8) is 0 Å². The van der Waals surface area contributed by atoms with Crippen molar-refractivity contribution in [3.05, 3.63) is 55.8 Å². The maximum atomic E-state index is 12.8. The van der Waals surface area contributed by atoms with E-state index in [2.05, 4.69) is 25.8 Å². The van der Waals surface area contributed by atoms with Gasteiger partial charge >= 0.3 is 0 Å². The molecule has 0 fully saturated rings. The lowest BCUT2D eigenvalue weighted by Gasteiger charge is -2.06. The smallest absolute Gasteiger partial charge is 0.265 e. The van der Waals surface area contributed by atoms with Crippen molar-refractivity contribution in [2.24, 2.45) is 0 Å². The van der Waals surface area contributed by atoms with Crippen LogP contribution in [0.4, 0.5) is 5.88 Å². The number of fused-ring (bicyclic) bond motifs is 1. The van der Waals surface area contributed by atoms with E-state index in [1.165, 1.54) is 12.1 Å². The Morgan fingerprint density at radius 2 is 2.07 bits per heavy atom. The number of halogens is 1. The summed E-state index contributed by atoms with van der Waals surface area (Å²) < 4.78 is 44.1. The SMILES string of the molecule is Cc1ccc2c(c1/C=C/C(=O)c1sccc1S(=O)(=O)Nc1onc(C)c1Br)OCO2. The Labute approximate surface area is 184 Å². The topological polar surface area (TPSA) is 108 Å². The molecule has 3 heterocycles. The monoisotopic (exact) mass is 510 g/mol. The van der Waals surface area contributed by atoms with Crippen LogP contribution in [0.5, 0.6) is 11.5 Å². The highest BCUT2D eigenvalue weighted by atomic mass is 79.9. The number of rotatable bonds is 6. The normalized spacial score (nSPS) is 13.2. The van der Waals surface area contributed by atoms with Crippen LogP contribution in [0.25, 0.3) is 6.08 Å². The third kappa shape index (κ3) is 3.75. The number of benzene rings is 1. The largest absolute Gasteiger partial charge is 0.454 e. The number of nitrogens with one attached hydrogen (secondary N) is 1. The minimum Gasteiger partial charge on any atom is -0.454 e. The van der Waals surface area contributed by atoms with Gasteiger partial charge in [0.15, 0.2) is 17.3 Å². The summed E-state index contributed by atoms with van der Waals surface area (Å²) in [6.07, 6.45) is 2.93. The number of ether oxygens (including phenoxy) is 2. The number of aromatic nitrogens is 1. The predicted octanol–water partition coefficient (Wildman–Crippen LogP) is 4.54. The van der Waals surface area contributed by atoms with Crippen LogP contribution in [-0.4, -0.2) is 26.2 Å². The van der Waals surface area contributed by atoms with Crippen LogP contribution < -0.4 is 14.2 Å². The standard InChI is InChI=1S/C19H15BrN2O6S2/c1-10-3-6-14-17(27-9-26-14)12(10)4-5-13(23)18-15(7-8-29-18)30(24,25)22-19-16(20)11(2)21-28-19/h3-8,22H,9H2,1-2H3/b5-4+. The number of nitrogens with zero attached hydrogens (tertiary/aromatic N) is 1. The number of allylic oxidation sites excluding steroid dienone is 1. The highest BCUT2D eigenvalue weighted by Gasteiger charge is 2.26. The second-order valence-electron chi connectivity index (χ2n) is 6.36. The van der Waals surface area contributed by atoms with Crippen LogP contribution >= 0.6 is 27.3 Å². The molecule has 2 aromatic heterocycles. The van der Waals surface area contributed by atoms with E-state index < -0.39 is 15.8 Å². The van der Waals surface area contributed by atoms with Gasteiger partial charge in [0.1, 0.15) is 9.37 Å². The van der Waals surface area contributed by atoms with E-state index in [9.17, 15) is 13.2 Å². The van der Waals surface area contributed by atoms with Crippen molar-refractivity contribution in [1.29, 1.82) is 0 Å². The third-order valence-electron chi connectivity index (χ3n) is 4.36. The maximum Gasteiger partial charge on any atom is 0.265 e. The van der Waals surface area contributed by atoms with E-state index >= 15 is 0 Å². The van der Waals surface area contributed by atoms with E-state index in [0.717, 1.165) is 16.9 Å². The second-order valence-corrected chi connectivity index (χ2v) is 9.72. The number of anilines is 1. The lowest BCUT2D eigenvalue weighted by atomic mass is 10.1. The molecule has 0 aliphatic carbocycles. The van der Waals surface area contributed by atoms with Crippen molar-refractivity contribution in [2.45, 2.75) is 18.7 Å². The number of ketones is 1.